The fourth-order valence-electron chi connectivity index (χ4n) is 2.79. The highest BCUT2D eigenvalue weighted by Crippen LogP contribution is 2.28. The maximum absolute atomic E-state index is 12.3. The number of hydrogen-bond acceptors (Lipinski definition) is 3. The number of ether oxygens (including phenoxy) is 1. The summed E-state index contributed by atoms with van der Waals surface area (Å²) in [6, 6.07) is 21.2. The summed E-state index contributed by atoms with van der Waals surface area (Å²) >= 11 is 0. The minimum atomic E-state index is -0.261. The Morgan fingerprint density at radius 1 is 1.04 bits per heavy atom. The molecule has 2 amide bonds. The number of urea groups is 1. The molecule has 3 aromatic rings. The standard InChI is InChI=1S/C23H25N3O2/c1-17-12-13-19(16-25-17)14-15-24-23(27)26-21-10-6-7-11-22(21)28-18(2)20-8-4-3-5-9-20/h3-13,16,18H,14-15H2,1-2H3,(H2,24,26,27). The fraction of sp³-hybridized carbons (Fsp3) is 0.217. The molecular weight excluding hydrogens is 350 g/mol. The van der Waals surface area contributed by atoms with E-state index in [1.165, 1.54) is 0 Å². The first kappa shape index (κ1) is 19.4. The summed E-state index contributed by atoms with van der Waals surface area (Å²) in [6.45, 7) is 4.47. The minimum Gasteiger partial charge on any atom is -0.484 e. The van der Waals surface area contributed by atoms with Gasteiger partial charge >= 0.3 is 6.03 Å². The largest absolute Gasteiger partial charge is 0.484 e. The highest BCUT2D eigenvalue weighted by Gasteiger charge is 2.11. The summed E-state index contributed by atoms with van der Waals surface area (Å²) in [4.78, 5) is 16.5. The van der Waals surface area contributed by atoms with Crippen LogP contribution in [0.2, 0.25) is 0 Å². The zero-order valence-electron chi connectivity index (χ0n) is 16.2. The number of benzene rings is 2. The van der Waals surface area contributed by atoms with Crippen molar-refractivity contribution in [3.8, 4) is 5.75 Å². The molecule has 0 spiro atoms. The number of aryl methyl sites for hydroxylation is 1. The van der Waals surface area contributed by atoms with E-state index in [1.807, 2.05) is 86.8 Å². The lowest BCUT2D eigenvalue weighted by Gasteiger charge is -2.18. The van der Waals surface area contributed by atoms with Crippen molar-refractivity contribution >= 4 is 11.7 Å². The molecule has 1 atom stereocenters. The van der Waals surface area contributed by atoms with Gasteiger partial charge in [0.2, 0.25) is 0 Å². The number of nitrogens with zero attached hydrogens (tertiary/aromatic N) is 1. The van der Waals surface area contributed by atoms with E-state index in [9.17, 15) is 4.79 Å². The normalized spacial score (nSPS) is 11.5. The molecular formula is C23H25N3O2. The van der Waals surface area contributed by atoms with E-state index < -0.39 is 0 Å². The molecule has 144 valence electrons. The van der Waals surface area contributed by atoms with E-state index >= 15 is 0 Å². The van der Waals surface area contributed by atoms with Gasteiger partial charge in [-0.2, -0.15) is 0 Å². The number of para-hydroxylation sites is 2. The van der Waals surface area contributed by atoms with Gasteiger partial charge < -0.3 is 15.4 Å². The van der Waals surface area contributed by atoms with Crippen molar-refractivity contribution in [2.75, 3.05) is 11.9 Å². The Labute approximate surface area is 165 Å². The second-order valence-corrected chi connectivity index (χ2v) is 6.61. The van der Waals surface area contributed by atoms with Crippen LogP contribution in [-0.4, -0.2) is 17.6 Å². The third-order valence-corrected chi connectivity index (χ3v) is 4.38. The number of pyridine rings is 1. The number of amides is 2. The highest BCUT2D eigenvalue weighted by atomic mass is 16.5. The molecule has 0 saturated carbocycles. The van der Waals surface area contributed by atoms with Crippen molar-refractivity contribution in [2.45, 2.75) is 26.4 Å². The zero-order valence-corrected chi connectivity index (χ0v) is 16.2. The van der Waals surface area contributed by atoms with Gasteiger partial charge in [-0.05, 0) is 49.6 Å². The van der Waals surface area contributed by atoms with Gasteiger partial charge in [-0.25, -0.2) is 4.79 Å². The van der Waals surface area contributed by atoms with Gasteiger partial charge in [-0.1, -0.05) is 48.5 Å². The molecule has 1 aromatic heterocycles. The predicted octanol–water partition coefficient (Wildman–Crippen LogP) is 4.89. The molecule has 0 bridgehead atoms. The number of hydrogen-bond donors (Lipinski definition) is 2. The van der Waals surface area contributed by atoms with Crippen LogP contribution in [0, 0.1) is 6.92 Å². The van der Waals surface area contributed by atoms with Gasteiger partial charge in [0.15, 0.2) is 0 Å². The van der Waals surface area contributed by atoms with Crippen LogP contribution < -0.4 is 15.4 Å². The average molecular weight is 375 g/mol. The van der Waals surface area contributed by atoms with E-state index in [0.717, 1.165) is 23.2 Å². The second-order valence-electron chi connectivity index (χ2n) is 6.61. The summed E-state index contributed by atoms with van der Waals surface area (Å²) < 4.78 is 6.07. The number of nitrogens with one attached hydrogen (secondary N) is 2. The first-order chi connectivity index (χ1) is 13.6. The summed E-state index contributed by atoms with van der Waals surface area (Å²) in [5.74, 6) is 0.636. The predicted molar refractivity (Wildman–Crippen MR) is 112 cm³/mol. The highest BCUT2D eigenvalue weighted by molar-refractivity contribution is 5.90. The topological polar surface area (TPSA) is 63.2 Å². The average Bonchev–Trinajstić information content (AvgIpc) is 2.71. The van der Waals surface area contributed by atoms with Gasteiger partial charge in [0.05, 0.1) is 5.69 Å². The van der Waals surface area contributed by atoms with Gasteiger partial charge in [0.1, 0.15) is 11.9 Å². The van der Waals surface area contributed by atoms with Crippen LogP contribution in [0.4, 0.5) is 10.5 Å². The summed E-state index contributed by atoms with van der Waals surface area (Å²) in [5.41, 5.74) is 3.79. The van der Waals surface area contributed by atoms with Crippen LogP contribution in [0.3, 0.4) is 0 Å². The molecule has 0 radical (unpaired) electrons. The lowest BCUT2D eigenvalue weighted by molar-refractivity contribution is 0.227. The van der Waals surface area contributed by atoms with Gasteiger partial charge in [0, 0.05) is 18.4 Å². The second kappa shape index (κ2) is 9.55. The van der Waals surface area contributed by atoms with Crippen molar-refractivity contribution in [1.29, 1.82) is 0 Å². The number of carbonyl (C=O) groups is 1. The van der Waals surface area contributed by atoms with Crippen molar-refractivity contribution in [1.82, 2.24) is 10.3 Å². The van der Waals surface area contributed by atoms with Crippen LogP contribution in [-0.2, 0) is 6.42 Å². The van der Waals surface area contributed by atoms with E-state index in [4.69, 9.17) is 4.74 Å². The van der Waals surface area contributed by atoms with Crippen LogP contribution in [0.15, 0.2) is 72.9 Å². The van der Waals surface area contributed by atoms with Crippen LogP contribution >= 0.6 is 0 Å². The fourth-order valence-corrected chi connectivity index (χ4v) is 2.79. The van der Waals surface area contributed by atoms with E-state index in [1.54, 1.807) is 0 Å². The van der Waals surface area contributed by atoms with Crippen molar-refractivity contribution in [3.05, 3.63) is 89.7 Å². The lowest BCUT2D eigenvalue weighted by atomic mass is 10.1. The molecule has 5 nitrogen and oxygen atoms in total. The summed E-state index contributed by atoms with van der Waals surface area (Å²) in [5, 5.41) is 5.75. The zero-order chi connectivity index (χ0) is 19.8. The maximum Gasteiger partial charge on any atom is 0.319 e. The molecule has 1 heterocycles. The Morgan fingerprint density at radius 2 is 1.79 bits per heavy atom. The number of rotatable bonds is 7. The molecule has 5 heteroatoms. The first-order valence-electron chi connectivity index (χ1n) is 9.39. The maximum atomic E-state index is 12.3. The van der Waals surface area contributed by atoms with Crippen molar-refractivity contribution in [2.24, 2.45) is 0 Å². The molecule has 1 unspecified atom stereocenters. The Bertz CT molecular complexity index is 895. The Kier molecular flexibility index (Phi) is 6.63. The van der Waals surface area contributed by atoms with E-state index in [-0.39, 0.29) is 12.1 Å². The number of anilines is 1. The Morgan fingerprint density at radius 3 is 2.54 bits per heavy atom. The molecule has 0 aliphatic carbocycles. The van der Waals surface area contributed by atoms with Crippen LogP contribution in [0.5, 0.6) is 5.75 Å². The SMILES string of the molecule is Cc1ccc(CCNC(=O)Nc2ccccc2OC(C)c2ccccc2)cn1. The Hall–Kier alpha value is -3.34. The van der Waals surface area contributed by atoms with Crippen molar-refractivity contribution in [3.63, 3.8) is 0 Å². The quantitative estimate of drug-likeness (QED) is 0.618. The summed E-state index contributed by atoms with van der Waals surface area (Å²) in [7, 11) is 0. The molecule has 0 aliphatic rings. The van der Waals surface area contributed by atoms with Crippen molar-refractivity contribution < 1.29 is 9.53 Å². The summed E-state index contributed by atoms with van der Waals surface area (Å²) in [6.07, 6.45) is 2.44. The third-order valence-electron chi connectivity index (χ3n) is 4.38. The van der Waals surface area contributed by atoms with Crippen LogP contribution in [0.1, 0.15) is 29.8 Å². The lowest BCUT2D eigenvalue weighted by Crippen LogP contribution is -2.30. The molecule has 0 fully saturated rings. The van der Waals surface area contributed by atoms with Gasteiger partial charge in [-0.3, -0.25) is 4.98 Å². The van der Waals surface area contributed by atoms with Gasteiger partial charge in [-0.15, -0.1) is 0 Å². The minimum absolute atomic E-state index is 0.124. The van der Waals surface area contributed by atoms with E-state index in [2.05, 4.69) is 15.6 Å². The first-order valence-corrected chi connectivity index (χ1v) is 9.39. The molecule has 3 rings (SSSR count). The molecule has 2 aromatic carbocycles. The monoisotopic (exact) mass is 375 g/mol. The molecule has 0 aliphatic heterocycles. The third kappa shape index (κ3) is 5.58. The van der Waals surface area contributed by atoms with Gasteiger partial charge in [0.25, 0.3) is 0 Å². The van der Waals surface area contributed by atoms with Crippen LogP contribution in [0.25, 0.3) is 0 Å². The Balaban J connectivity index is 1.55. The molecule has 2 N–H and O–H groups in total. The molecule has 0 saturated heterocycles. The smallest absolute Gasteiger partial charge is 0.319 e. The number of aromatic nitrogens is 1. The van der Waals surface area contributed by atoms with E-state index in [0.29, 0.717) is 18.0 Å². The molecule has 28 heavy (non-hydrogen) atoms. The number of carbonyl (C=O) groups excluding carboxylic acids is 1.